The van der Waals surface area contributed by atoms with E-state index in [1.165, 1.54) is 24.0 Å². The van der Waals surface area contributed by atoms with Crippen LogP contribution in [0.25, 0.3) is 21.0 Å². The lowest BCUT2D eigenvalue weighted by Crippen LogP contribution is -1.94. The Labute approximate surface area is 128 Å². The molecule has 0 N–H and O–H groups in total. The predicted octanol–water partition coefficient (Wildman–Crippen LogP) is 4.50. The fourth-order valence-corrected chi connectivity index (χ4v) is 3.58. The summed E-state index contributed by atoms with van der Waals surface area (Å²) in [5.41, 5.74) is 5.85. The molecule has 21 heavy (non-hydrogen) atoms. The van der Waals surface area contributed by atoms with Crippen LogP contribution in [0.4, 0.5) is 0 Å². The van der Waals surface area contributed by atoms with E-state index < -0.39 is 0 Å². The van der Waals surface area contributed by atoms with E-state index in [0.29, 0.717) is 0 Å². The van der Waals surface area contributed by atoms with Crippen molar-refractivity contribution >= 4 is 21.7 Å². The largest absolute Gasteiger partial charge is 0.253 e. The molecule has 0 aromatic carbocycles. The van der Waals surface area contributed by atoms with Crippen molar-refractivity contribution in [1.29, 1.82) is 0 Å². The van der Waals surface area contributed by atoms with Crippen LogP contribution >= 0.6 is 11.3 Å². The fraction of sp³-hybridized carbons (Fsp3) is 0.353. The minimum Gasteiger partial charge on any atom is -0.253 e. The number of rotatable bonds is 3. The van der Waals surface area contributed by atoms with Gasteiger partial charge in [0.25, 0.3) is 0 Å². The summed E-state index contributed by atoms with van der Waals surface area (Å²) in [7, 11) is 0. The van der Waals surface area contributed by atoms with Gasteiger partial charge < -0.3 is 0 Å². The van der Waals surface area contributed by atoms with Gasteiger partial charge in [-0.3, -0.25) is 4.98 Å². The van der Waals surface area contributed by atoms with Crippen LogP contribution < -0.4 is 0 Å². The van der Waals surface area contributed by atoms with Gasteiger partial charge in [0, 0.05) is 12.4 Å². The molecule has 3 nitrogen and oxygen atoms in total. The molecule has 1 aliphatic rings. The van der Waals surface area contributed by atoms with Gasteiger partial charge in [0.1, 0.15) is 21.0 Å². The summed E-state index contributed by atoms with van der Waals surface area (Å²) in [6, 6.07) is 4.41. The highest BCUT2D eigenvalue weighted by molar-refractivity contribution is 7.21. The molecule has 3 aromatic rings. The van der Waals surface area contributed by atoms with Crippen LogP contribution in [0.5, 0.6) is 0 Å². The standard InChI is InChI=1S/C17H17N3S/c1-3-11-7-13(12-4-5-12)9-18-15(11)17-20-14-6-10(2)8-19-16(14)21-17/h6-9,12H,3-5H2,1-2H3. The monoisotopic (exact) mass is 295 g/mol. The predicted molar refractivity (Wildman–Crippen MR) is 86.7 cm³/mol. The maximum atomic E-state index is 4.74. The Morgan fingerprint density at radius 1 is 1.19 bits per heavy atom. The lowest BCUT2D eigenvalue weighted by molar-refractivity contribution is 1.04. The van der Waals surface area contributed by atoms with Crippen LogP contribution in [0, 0.1) is 6.92 Å². The van der Waals surface area contributed by atoms with Crippen molar-refractivity contribution in [3.63, 3.8) is 0 Å². The van der Waals surface area contributed by atoms with Gasteiger partial charge in [0.15, 0.2) is 0 Å². The van der Waals surface area contributed by atoms with Crippen molar-refractivity contribution in [2.24, 2.45) is 0 Å². The molecule has 0 spiro atoms. The Kier molecular flexibility index (Phi) is 3.00. The normalized spacial score (nSPS) is 14.8. The third-order valence-corrected chi connectivity index (χ3v) is 4.99. The third-order valence-electron chi connectivity index (χ3n) is 4.00. The molecule has 0 aliphatic heterocycles. The number of aryl methyl sites for hydroxylation is 2. The molecule has 3 heterocycles. The van der Waals surface area contributed by atoms with Crippen LogP contribution in [0.3, 0.4) is 0 Å². The highest BCUT2D eigenvalue weighted by Gasteiger charge is 2.25. The molecule has 4 rings (SSSR count). The van der Waals surface area contributed by atoms with Crippen LogP contribution in [0.1, 0.15) is 42.4 Å². The van der Waals surface area contributed by atoms with Gasteiger partial charge in [-0.25, -0.2) is 9.97 Å². The average Bonchev–Trinajstić information content (AvgIpc) is 3.26. The van der Waals surface area contributed by atoms with Gasteiger partial charge in [-0.2, -0.15) is 0 Å². The van der Waals surface area contributed by atoms with Crippen molar-refractivity contribution in [3.05, 3.63) is 41.2 Å². The lowest BCUT2D eigenvalue weighted by atomic mass is 10.1. The van der Waals surface area contributed by atoms with Crippen LogP contribution in [-0.4, -0.2) is 15.0 Å². The first kappa shape index (κ1) is 12.9. The summed E-state index contributed by atoms with van der Waals surface area (Å²) in [5, 5.41) is 0.988. The molecule has 0 unspecified atom stereocenters. The first-order valence-corrected chi connectivity index (χ1v) is 8.28. The molecule has 0 bridgehead atoms. The van der Waals surface area contributed by atoms with E-state index >= 15 is 0 Å². The SMILES string of the molecule is CCc1cc(C2CC2)cnc1-c1nc2cc(C)cnc2s1. The molecule has 1 aliphatic carbocycles. The van der Waals surface area contributed by atoms with E-state index in [1.807, 2.05) is 19.3 Å². The summed E-state index contributed by atoms with van der Waals surface area (Å²) in [4.78, 5) is 14.9. The van der Waals surface area contributed by atoms with Crippen LogP contribution in [0.2, 0.25) is 0 Å². The van der Waals surface area contributed by atoms with Crippen molar-refractivity contribution in [1.82, 2.24) is 15.0 Å². The Balaban J connectivity index is 1.83. The second kappa shape index (κ2) is 4.88. The van der Waals surface area contributed by atoms with Crippen molar-refractivity contribution < 1.29 is 0 Å². The first-order valence-electron chi connectivity index (χ1n) is 7.47. The Bertz CT molecular complexity index is 818. The summed E-state index contributed by atoms with van der Waals surface area (Å²) in [5.74, 6) is 0.747. The molecule has 4 heteroatoms. The number of fused-ring (bicyclic) bond motifs is 1. The minimum atomic E-state index is 0.747. The maximum Gasteiger partial charge on any atom is 0.144 e. The zero-order chi connectivity index (χ0) is 14.4. The zero-order valence-corrected chi connectivity index (χ0v) is 13.1. The smallest absolute Gasteiger partial charge is 0.144 e. The van der Waals surface area contributed by atoms with Crippen molar-refractivity contribution in [2.75, 3.05) is 0 Å². The summed E-state index contributed by atoms with van der Waals surface area (Å²) in [6.45, 7) is 4.23. The van der Waals surface area contributed by atoms with E-state index in [1.54, 1.807) is 11.3 Å². The lowest BCUT2D eigenvalue weighted by Gasteiger charge is -2.06. The van der Waals surface area contributed by atoms with Gasteiger partial charge >= 0.3 is 0 Å². The summed E-state index contributed by atoms with van der Waals surface area (Å²) >= 11 is 1.63. The molecular formula is C17H17N3S. The minimum absolute atomic E-state index is 0.747. The van der Waals surface area contributed by atoms with E-state index in [-0.39, 0.29) is 0 Å². The van der Waals surface area contributed by atoms with Gasteiger partial charge in [-0.15, -0.1) is 0 Å². The van der Waals surface area contributed by atoms with Crippen molar-refractivity contribution in [2.45, 2.75) is 39.0 Å². The Morgan fingerprint density at radius 2 is 2.05 bits per heavy atom. The summed E-state index contributed by atoms with van der Waals surface area (Å²) < 4.78 is 0. The maximum absolute atomic E-state index is 4.74. The van der Waals surface area contributed by atoms with Gasteiger partial charge in [0.05, 0.1) is 0 Å². The Morgan fingerprint density at radius 3 is 2.81 bits per heavy atom. The second-order valence-corrected chi connectivity index (χ2v) is 6.74. The topological polar surface area (TPSA) is 38.7 Å². The number of thiazole rings is 1. The molecule has 1 saturated carbocycles. The highest BCUT2D eigenvalue weighted by atomic mass is 32.1. The molecule has 3 aromatic heterocycles. The molecule has 0 radical (unpaired) electrons. The third kappa shape index (κ3) is 2.33. The first-order chi connectivity index (χ1) is 10.2. The number of pyridine rings is 2. The van der Waals surface area contributed by atoms with Crippen LogP contribution in [-0.2, 0) is 6.42 Å². The van der Waals surface area contributed by atoms with Gasteiger partial charge in [0.2, 0.25) is 0 Å². The quantitative estimate of drug-likeness (QED) is 0.714. The van der Waals surface area contributed by atoms with Crippen LogP contribution in [0.15, 0.2) is 24.5 Å². The van der Waals surface area contributed by atoms with Gasteiger partial charge in [-0.05, 0) is 54.9 Å². The second-order valence-electron chi connectivity index (χ2n) is 5.76. The van der Waals surface area contributed by atoms with E-state index in [9.17, 15) is 0 Å². The highest BCUT2D eigenvalue weighted by Crippen LogP contribution is 2.41. The molecule has 0 atom stereocenters. The summed E-state index contributed by atoms with van der Waals surface area (Å²) in [6.07, 6.45) is 7.56. The Hall–Kier alpha value is -1.81. The molecule has 106 valence electrons. The number of hydrogen-bond acceptors (Lipinski definition) is 4. The van der Waals surface area contributed by atoms with Gasteiger partial charge in [-0.1, -0.05) is 24.3 Å². The van der Waals surface area contributed by atoms with E-state index in [0.717, 1.165) is 39.0 Å². The number of hydrogen-bond donors (Lipinski definition) is 0. The zero-order valence-electron chi connectivity index (χ0n) is 12.3. The molecular weight excluding hydrogens is 278 g/mol. The van der Waals surface area contributed by atoms with E-state index in [2.05, 4.69) is 24.0 Å². The average molecular weight is 295 g/mol. The number of nitrogens with zero attached hydrogens (tertiary/aromatic N) is 3. The van der Waals surface area contributed by atoms with E-state index in [4.69, 9.17) is 9.97 Å². The fourth-order valence-electron chi connectivity index (χ4n) is 2.66. The molecule has 0 saturated heterocycles. The molecule has 1 fully saturated rings. The van der Waals surface area contributed by atoms with Crippen molar-refractivity contribution in [3.8, 4) is 10.7 Å². The molecule has 0 amide bonds. The number of aromatic nitrogens is 3.